The monoisotopic (exact) mass is 677 g/mol. The maximum atomic E-state index is 12.0. The van der Waals surface area contributed by atoms with Crippen molar-refractivity contribution in [2.45, 2.75) is 225 Å². The summed E-state index contributed by atoms with van der Waals surface area (Å²) < 4.78 is 10.3. The van der Waals surface area contributed by atoms with E-state index in [0.717, 1.165) is 38.5 Å². The van der Waals surface area contributed by atoms with Crippen molar-refractivity contribution < 1.29 is 24.2 Å². The van der Waals surface area contributed by atoms with Gasteiger partial charge >= 0.3 is 11.9 Å². The Bertz CT molecular complexity index is 731. The van der Waals surface area contributed by atoms with Crippen molar-refractivity contribution in [3.63, 3.8) is 0 Å². The summed E-state index contributed by atoms with van der Waals surface area (Å²) in [4.78, 5) is 24.0. The summed E-state index contributed by atoms with van der Waals surface area (Å²) >= 11 is 0. The van der Waals surface area contributed by atoms with Gasteiger partial charge in [0.25, 0.3) is 0 Å². The third kappa shape index (κ3) is 38.8. The van der Waals surface area contributed by atoms with Gasteiger partial charge in [0, 0.05) is 12.8 Å². The molecule has 0 bridgehead atoms. The molecule has 5 nitrogen and oxygen atoms in total. The lowest BCUT2D eigenvalue weighted by atomic mass is 10.0. The molecule has 0 aliphatic carbocycles. The molecule has 0 saturated carbocycles. The van der Waals surface area contributed by atoms with Crippen molar-refractivity contribution in [3.05, 3.63) is 24.3 Å². The van der Waals surface area contributed by atoms with Gasteiger partial charge in [0.1, 0.15) is 19.3 Å². The molecule has 0 heterocycles. The smallest absolute Gasteiger partial charge is 0.305 e. The molecule has 1 N–H and O–H groups in total. The zero-order chi connectivity index (χ0) is 35.0. The number of carbonyl (C=O) groups is 2. The zero-order valence-corrected chi connectivity index (χ0v) is 32.0. The van der Waals surface area contributed by atoms with Gasteiger partial charge in [-0.15, -0.1) is 0 Å². The van der Waals surface area contributed by atoms with Crippen LogP contribution in [0.2, 0.25) is 0 Å². The van der Waals surface area contributed by atoms with Crippen LogP contribution < -0.4 is 0 Å². The third-order valence-electron chi connectivity index (χ3n) is 9.19. The van der Waals surface area contributed by atoms with Crippen molar-refractivity contribution in [2.24, 2.45) is 0 Å². The highest BCUT2D eigenvalue weighted by atomic mass is 16.6. The first-order valence-electron chi connectivity index (χ1n) is 20.9. The normalized spacial score (nSPS) is 12.3. The summed E-state index contributed by atoms with van der Waals surface area (Å²) in [6.07, 6.45) is 46.6. The number of hydrogen-bond acceptors (Lipinski definition) is 5. The number of esters is 2. The standard InChI is InChI=1S/C43H80O5/c1-3-5-7-9-11-13-15-17-19-20-21-22-24-26-28-30-32-34-36-38-43(46)48-40-41(44)39-47-42(45)37-35-33-31-29-27-25-23-18-16-14-12-10-8-6-4-2/h11,13,17,19,41,44H,3-10,12,14-16,18,20-40H2,1-2H3/b13-11-,19-17-/t41-/m1/s1. The Morgan fingerprint density at radius 1 is 0.438 bits per heavy atom. The average molecular weight is 677 g/mol. The second-order valence-corrected chi connectivity index (χ2v) is 14.1. The highest BCUT2D eigenvalue weighted by Crippen LogP contribution is 2.15. The fourth-order valence-electron chi connectivity index (χ4n) is 6.00. The predicted octanol–water partition coefficient (Wildman–Crippen LogP) is 13.1. The average Bonchev–Trinajstić information content (AvgIpc) is 3.09. The molecule has 0 fully saturated rings. The van der Waals surface area contributed by atoms with E-state index < -0.39 is 6.10 Å². The number of allylic oxidation sites excluding steroid dienone is 4. The molecule has 0 unspecified atom stereocenters. The topological polar surface area (TPSA) is 72.8 Å². The zero-order valence-electron chi connectivity index (χ0n) is 32.0. The molecule has 0 aromatic heterocycles. The Hall–Kier alpha value is -1.62. The van der Waals surface area contributed by atoms with Crippen molar-refractivity contribution in [1.29, 1.82) is 0 Å². The third-order valence-corrected chi connectivity index (χ3v) is 9.19. The van der Waals surface area contributed by atoms with E-state index in [9.17, 15) is 14.7 Å². The van der Waals surface area contributed by atoms with Crippen LogP contribution in [0.15, 0.2) is 24.3 Å². The summed E-state index contributed by atoms with van der Waals surface area (Å²) in [5.74, 6) is -0.561. The molecule has 0 aliphatic rings. The van der Waals surface area contributed by atoms with Gasteiger partial charge in [0.2, 0.25) is 0 Å². The van der Waals surface area contributed by atoms with Crippen molar-refractivity contribution in [3.8, 4) is 0 Å². The van der Waals surface area contributed by atoms with E-state index in [1.54, 1.807) is 0 Å². The first-order valence-corrected chi connectivity index (χ1v) is 20.9. The molecule has 1 atom stereocenters. The minimum absolute atomic E-state index is 0.113. The Labute approximate surface area is 298 Å². The van der Waals surface area contributed by atoms with Gasteiger partial charge in [0.05, 0.1) is 0 Å². The Kier molecular flexibility index (Phi) is 38.5. The van der Waals surface area contributed by atoms with Gasteiger partial charge in [-0.05, 0) is 44.9 Å². The molecule has 0 aromatic carbocycles. The number of ether oxygens (including phenoxy) is 2. The van der Waals surface area contributed by atoms with E-state index in [0.29, 0.717) is 12.8 Å². The van der Waals surface area contributed by atoms with Crippen molar-refractivity contribution >= 4 is 11.9 Å². The molecule has 0 aliphatic heterocycles. The van der Waals surface area contributed by atoms with E-state index >= 15 is 0 Å². The van der Waals surface area contributed by atoms with Crippen LogP contribution in [-0.4, -0.2) is 36.4 Å². The van der Waals surface area contributed by atoms with Crippen LogP contribution in [0.1, 0.15) is 219 Å². The Balaban J connectivity index is 3.41. The molecule has 282 valence electrons. The van der Waals surface area contributed by atoms with Gasteiger partial charge in [-0.25, -0.2) is 0 Å². The Morgan fingerprint density at radius 2 is 0.729 bits per heavy atom. The molecule has 0 radical (unpaired) electrons. The molecule has 0 rings (SSSR count). The van der Waals surface area contributed by atoms with E-state index in [-0.39, 0.29) is 25.2 Å². The van der Waals surface area contributed by atoms with Crippen LogP contribution in [0.5, 0.6) is 0 Å². The van der Waals surface area contributed by atoms with E-state index in [1.165, 1.54) is 154 Å². The van der Waals surface area contributed by atoms with Gasteiger partial charge in [-0.3, -0.25) is 9.59 Å². The predicted molar refractivity (Wildman–Crippen MR) is 205 cm³/mol. The van der Waals surface area contributed by atoms with Crippen molar-refractivity contribution in [1.82, 2.24) is 0 Å². The lowest BCUT2D eigenvalue weighted by Crippen LogP contribution is -2.25. The molecule has 0 amide bonds. The number of unbranched alkanes of at least 4 members (excludes halogenated alkanes) is 26. The molecule has 0 spiro atoms. The fraction of sp³-hybridized carbons (Fsp3) is 0.860. The SMILES string of the molecule is CCCCC/C=C\C/C=C\CCCCCCCCCCCC(=O)OC[C@H](O)COC(=O)CCCCCCCCCCCCCCCCC. The van der Waals surface area contributed by atoms with Crippen LogP contribution >= 0.6 is 0 Å². The molecular formula is C43H80O5. The Morgan fingerprint density at radius 3 is 1.10 bits per heavy atom. The van der Waals surface area contributed by atoms with Gasteiger partial charge < -0.3 is 14.6 Å². The van der Waals surface area contributed by atoms with Crippen LogP contribution in [0, 0.1) is 0 Å². The molecular weight excluding hydrogens is 596 g/mol. The number of hydrogen-bond donors (Lipinski definition) is 1. The lowest BCUT2D eigenvalue weighted by Gasteiger charge is -2.12. The number of aliphatic hydroxyl groups excluding tert-OH is 1. The van der Waals surface area contributed by atoms with Crippen LogP contribution in [0.4, 0.5) is 0 Å². The van der Waals surface area contributed by atoms with E-state index in [2.05, 4.69) is 38.2 Å². The maximum absolute atomic E-state index is 12.0. The van der Waals surface area contributed by atoms with Gasteiger partial charge in [-0.1, -0.05) is 186 Å². The highest BCUT2D eigenvalue weighted by molar-refractivity contribution is 5.69. The van der Waals surface area contributed by atoms with E-state index in [1.807, 2.05) is 0 Å². The summed E-state index contributed by atoms with van der Waals surface area (Å²) in [6, 6.07) is 0. The van der Waals surface area contributed by atoms with Crippen LogP contribution in [0.25, 0.3) is 0 Å². The summed E-state index contributed by atoms with van der Waals surface area (Å²) in [5, 5.41) is 10.0. The number of aliphatic hydroxyl groups is 1. The number of rotatable bonds is 38. The molecule has 5 heteroatoms. The fourth-order valence-corrected chi connectivity index (χ4v) is 6.00. The largest absolute Gasteiger partial charge is 0.463 e. The lowest BCUT2D eigenvalue weighted by molar-refractivity contribution is -0.152. The number of carbonyl (C=O) groups excluding carboxylic acids is 2. The van der Waals surface area contributed by atoms with Crippen LogP contribution in [-0.2, 0) is 19.1 Å². The summed E-state index contributed by atoms with van der Waals surface area (Å²) in [7, 11) is 0. The maximum Gasteiger partial charge on any atom is 0.305 e. The minimum Gasteiger partial charge on any atom is -0.463 e. The quantitative estimate of drug-likeness (QED) is 0.0400. The molecule has 48 heavy (non-hydrogen) atoms. The first kappa shape index (κ1) is 46.4. The van der Waals surface area contributed by atoms with Gasteiger partial charge in [0.15, 0.2) is 0 Å². The van der Waals surface area contributed by atoms with Crippen LogP contribution in [0.3, 0.4) is 0 Å². The van der Waals surface area contributed by atoms with E-state index in [4.69, 9.17) is 9.47 Å². The summed E-state index contributed by atoms with van der Waals surface area (Å²) in [6.45, 7) is 4.29. The van der Waals surface area contributed by atoms with Gasteiger partial charge in [-0.2, -0.15) is 0 Å². The highest BCUT2D eigenvalue weighted by Gasteiger charge is 2.12. The van der Waals surface area contributed by atoms with Crippen molar-refractivity contribution in [2.75, 3.05) is 13.2 Å². The minimum atomic E-state index is -0.961. The first-order chi connectivity index (χ1) is 23.6. The second kappa shape index (κ2) is 39.8. The molecule has 0 aromatic rings. The second-order valence-electron chi connectivity index (χ2n) is 14.1. The molecule has 0 saturated heterocycles. The summed E-state index contributed by atoms with van der Waals surface area (Å²) in [5.41, 5.74) is 0.